The van der Waals surface area contributed by atoms with Crippen molar-refractivity contribution in [3.63, 3.8) is 0 Å². The van der Waals surface area contributed by atoms with Crippen LogP contribution in [0.1, 0.15) is 24.7 Å². The highest BCUT2D eigenvalue weighted by Crippen LogP contribution is 2.29. The van der Waals surface area contributed by atoms with E-state index in [1.165, 1.54) is 11.8 Å². The third kappa shape index (κ3) is 4.71. The lowest BCUT2D eigenvalue weighted by atomic mass is 10.1. The first-order valence-electron chi connectivity index (χ1n) is 7.47. The van der Waals surface area contributed by atoms with Gasteiger partial charge >= 0.3 is 0 Å². The molecule has 0 amide bonds. The zero-order valence-electron chi connectivity index (χ0n) is 12.6. The number of nitrogens with zero attached hydrogens (tertiary/aromatic N) is 2. The first-order valence-corrected chi connectivity index (χ1v) is 10.3. The largest absolute Gasteiger partial charge is 0.494 e. The van der Waals surface area contributed by atoms with E-state index in [2.05, 4.69) is 10.2 Å². The Morgan fingerprint density at radius 1 is 1.26 bits per heavy atom. The van der Waals surface area contributed by atoms with E-state index in [1.807, 2.05) is 30.3 Å². The third-order valence-corrected chi connectivity index (χ3v) is 6.20. The van der Waals surface area contributed by atoms with Crippen LogP contribution in [-0.2, 0) is 9.84 Å². The molecule has 0 saturated carbocycles. The summed E-state index contributed by atoms with van der Waals surface area (Å²) in [5.41, 5.74) is 0. The van der Waals surface area contributed by atoms with Crippen molar-refractivity contribution in [3.05, 3.63) is 36.2 Å². The Balaban J connectivity index is 1.40. The molecule has 2 aromatic rings. The second kappa shape index (κ2) is 7.35. The van der Waals surface area contributed by atoms with Crippen LogP contribution in [-0.4, -0.2) is 42.5 Å². The van der Waals surface area contributed by atoms with Crippen molar-refractivity contribution < 1.29 is 17.6 Å². The SMILES string of the molecule is O=S1(=O)CC[C@H](c2nnc(SCCCOc3ccccc3)o2)C1. The van der Waals surface area contributed by atoms with Gasteiger partial charge in [-0.3, -0.25) is 0 Å². The highest BCUT2D eigenvalue weighted by molar-refractivity contribution is 7.99. The zero-order chi connectivity index (χ0) is 16.1. The molecular weight excluding hydrogens is 336 g/mol. The number of hydrogen-bond acceptors (Lipinski definition) is 7. The van der Waals surface area contributed by atoms with Gasteiger partial charge in [0.25, 0.3) is 5.22 Å². The molecule has 1 saturated heterocycles. The van der Waals surface area contributed by atoms with Crippen LogP contribution in [0.3, 0.4) is 0 Å². The average molecular weight is 354 g/mol. The summed E-state index contributed by atoms with van der Waals surface area (Å²) in [6, 6.07) is 9.67. The molecule has 1 aliphatic rings. The Morgan fingerprint density at radius 3 is 2.83 bits per heavy atom. The first-order chi connectivity index (χ1) is 11.1. The van der Waals surface area contributed by atoms with Gasteiger partial charge in [-0.2, -0.15) is 0 Å². The van der Waals surface area contributed by atoms with Gasteiger partial charge in [0, 0.05) is 5.75 Å². The topological polar surface area (TPSA) is 82.3 Å². The van der Waals surface area contributed by atoms with Gasteiger partial charge < -0.3 is 9.15 Å². The minimum Gasteiger partial charge on any atom is -0.494 e. The molecule has 8 heteroatoms. The molecule has 0 unspecified atom stereocenters. The maximum atomic E-state index is 11.5. The number of hydrogen-bond donors (Lipinski definition) is 0. The summed E-state index contributed by atoms with van der Waals surface area (Å²) < 4.78 is 34.1. The molecule has 124 valence electrons. The second-order valence-corrected chi connectivity index (χ2v) is 8.64. The molecule has 1 aromatic heterocycles. The number of rotatable bonds is 7. The smallest absolute Gasteiger partial charge is 0.276 e. The predicted molar refractivity (Wildman–Crippen MR) is 87.6 cm³/mol. The van der Waals surface area contributed by atoms with Gasteiger partial charge in [-0.15, -0.1) is 10.2 Å². The molecule has 0 radical (unpaired) electrons. The van der Waals surface area contributed by atoms with E-state index < -0.39 is 9.84 Å². The number of ether oxygens (including phenoxy) is 1. The summed E-state index contributed by atoms with van der Waals surface area (Å²) >= 11 is 1.47. The van der Waals surface area contributed by atoms with Gasteiger partial charge in [-0.05, 0) is 25.0 Å². The van der Waals surface area contributed by atoms with Gasteiger partial charge in [-0.1, -0.05) is 30.0 Å². The predicted octanol–water partition coefficient (Wildman–Crippen LogP) is 2.53. The highest BCUT2D eigenvalue weighted by atomic mass is 32.2. The van der Waals surface area contributed by atoms with Crippen LogP contribution < -0.4 is 4.74 Å². The third-order valence-electron chi connectivity index (χ3n) is 3.53. The zero-order valence-corrected chi connectivity index (χ0v) is 14.2. The van der Waals surface area contributed by atoms with Crippen LogP contribution in [0, 0.1) is 0 Å². The molecule has 23 heavy (non-hydrogen) atoms. The van der Waals surface area contributed by atoms with E-state index in [9.17, 15) is 8.42 Å². The van der Waals surface area contributed by atoms with Crippen LogP contribution in [0.4, 0.5) is 0 Å². The minimum absolute atomic E-state index is 0.115. The Bertz CT molecular complexity index is 731. The molecule has 0 aliphatic carbocycles. The summed E-state index contributed by atoms with van der Waals surface area (Å²) in [5.74, 6) is 2.28. The van der Waals surface area contributed by atoms with E-state index in [-0.39, 0.29) is 17.4 Å². The number of benzene rings is 1. The molecule has 0 spiro atoms. The van der Waals surface area contributed by atoms with E-state index >= 15 is 0 Å². The molecular formula is C15H18N2O4S2. The summed E-state index contributed by atoms with van der Waals surface area (Å²) in [6.07, 6.45) is 1.43. The fourth-order valence-electron chi connectivity index (χ4n) is 2.36. The Morgan fingerprint density at radius 2 is 2.09 bits per heavy atom. The number of aromatic nitrogens is 2. The lowest BCUT2D eigenvalue weighted by Gasteiger charge is -2.04. The van der Waals surface area contributed by atoms with Crippen LogP contribution in [0.25, 0.3) is 0 Å². The summed E-state index contributed by atoms with van der Waals surface area (Å²) in [7, 11) is -2.94. The fraction of sp³-hybridized carbons (Fsp3) is 0.467. The molecule has 1 fully saturated rings. The Labute approximate surface area is 139 Å². The molecule has 0 bridgehead atoms. The van der Waals surface area contributed by atoms with Crippen LogP contribution in [0.2, 0.25) is 0 Å². The van der Waals surface area contributed by atoms with Crippen molar-refractivity contribution in [3.8, 4) is 5.75 Å². The van der Waals surface area contributed by atoms with Crippen molar-refractivity contribution in [1.82, 2.24) is 10.2 Å². The summed E-state index contributed by atoms with van der Waals surface area (Å²) in [4.78, 5) is 0. The minimum atomic E-state index is -2.94. The first kappa shape index (κ1) is 16.3. The van der Waals surface area contributed by atoms with E-state index in [4.69, 9.17) is 9.15 Å². The maximum Gasteiger partial charge on any atom is 0.276 e. The Kier molecular flexibility index (Phi) is 5.22. The maximum absolute atomic E-state index is 11.5. The highest BCUT2D eigenvalue weighted by Gasteiger charge is 2.32. The molecule has 6 nitrogen and oxygen atoms in total. The van der Waals surface area contributed by atoms with Crippen molar-refractivity contribution in [2.75, 3.05) is 23.9 Å². The lowest BCUT2D eigenvalue weighted by Crippen LogP contribution is -2.03. The summed E-state index contributed by atoms with van der Waals surface area (Å²) in [6.45, 7) is 0.624. The van der Waals surface area contributed by atoms with Crippen molar-refractivity contribution in [1.29, 1.82) is 0 Å². The van der Waals surface area contributed by atoms with Gasteiger partial charge in [0.1, 0.15) is 5.75 Å². The monoisotopic (exact) mass is 354 g/mol. The van der Waals surface area contributed by atoms with E-state index in [0.717, 1.165) is 17.9 Å². The summed E-state index contributed by atoms with van der Waals surface area (Å²) in [5, 5.41) is 8.44. The quantitative estimate of drug-likeness (QED) is 0.558. The molecule has 3 rings (SSSR count). The van der Waals surface area contributed by atoms with Gasteiger partial charge in [0.15, 0.2) is 9.84 Å². The Hall–Kier alpha value is -1.54. The fourth-order valence-corrected chi connectivity index (χ4v) is 4.77. The molecule has 0 N–H and O–H groups in total. The van der Waals surface area contributed by atoms with Crippen LogP contribution in [0.5, 0.6) is 5.75 Å². The molecule has 1 aliphatic heterocycles. The normalized spacial score (nSPS) is 19.7. The molecule has 1 aromatic carbocycles. The standard InChI is InChI=1S/C15H18N2O4S2/c18-23(19)10-7-12(11-23)14-16-17-15(21-14)22-9-4-8-20-13-5-2-1-3-6-13/h1-3,5-6,12H,4,7-11H2/t12-/m0/s1. The van der Waals surface area contributed by atoms with Crippen molar-refractivity contribution >= 4 is 21.6 Å². The average Bonchev–Trinajstić information content (AvgIpc) is 3.14. The van der Waals surface area contributed by atoms with Crippen molar-refractivity contribution in [2.45, 2.75) is 24.0 Å². The lowest BCUT2D eigenvalue weighted by molar-refractivity contribution is 0.318. The van der Waals surface area contributed by atoms with E-state index in [0.29, 0.717) is 24.1 Å². The second-order valence-electron chi connectivity index (χ2n) is 5.37. The van der Waals surface area contributed by atoms with Gasteiger partial charge in [-0.25, -0.2) is 8.42 Å². The van der Waals surface area contributed by atoms with Crippen LogP contribution in [0.15, 0.2) is 40.0 Å². The van der Waals surface area contributed by atoms with Crippen LogP contribution >= 0.6 is 11.8 Å². The van der Waals surface area contributed by atoms with Gasteiger partial charge in [0.05, 0.1) is 24.0 Å². The number of thioether (sulfide) groups is 1. The van der Waals surface area contributed by atoms with E-state index in [1.54, 1.807) is 0 Å². The van der Waals surface area contributed by atoms with Crippen molar-refractivity contribution in [2.24, 2.45) is 0 Å². The number of sulfone groups is 1. The molecule has 2 heterocycles. The number of para-hydroxylation sites is 1. The molecule has 1 atom stereocenters. The van der Waals surface area contributed by atoms with Gasteiger partial charge in [0.2, 0.25) is 5.89 Å².